The maximum atomic E-state index is 12.8. The Hall–Kier alpha value is -3.74. The molecule has 7 heteroatoms. The lowest BCUT2D eigenvalue weighted by atomic mass is 10.0. The topological polar surface area (TPSA) is 111 Å². The molecular weight excluding hydrogens is 320 g/mol. The van der Waals surface area contributed by atoms with Crippen LogP contribution in [0.3, 0.4) is 0 Å². The van der Waals surface area contributed by atoms with Crippen molar-refractivity contribution >= 4 is 28.7 Å². The van der Waals surface area contributed by atoms with E-state index in [2.05, 4.69) is 10.3 Å². The molecule has 25 heavy (non-hydrogen) atoms. The molecule has 0 unspecified atom stereocenters. The molecule has 0 fully saturated rings. The molecule has 124 valence electrons. The summed E-state index contributed by atoms with van der Waals surface area (Å²) in [4.78, 5) is 27.1. The number of anilines is 3. The number of carbonyl (C=O) groups excluding carboxylic acids is 1. The van der Waals surface area contributed by atoms with E-state index in [1.165, 1.54) is 24.3 Å². The van der Waals surface area contributed by atoms with Crippen LogP contribution >= 0.6 is 0 Å². The first-order valence-corrected chi connectivity index (χ1v) is 7.42. The number of nitrogens with one attached hydrogen (secondary N) is 1. The number of nitro groups is 1. The summed E-state index contributed by atoms with van der Waals surface area (Å²) in [6.07, 6.45) is 1.60. The van der Waals surface area contributed by atoms with Gasteiger partial charge in [-0.25, -0.2) is 4.98 Å². The van der Waals surface area contributed by atoms with Gasteiger partial charge in [0.15, 0.2) is 11.6 Å². The number of ketones is 1. The molecule has 3 N–H and O–H groups in total. The van der Waals surface area contributed by atoms with Gasteiger partial charge in [0, 0.05) is 29.5 Å². The molecule has 7 nitrogen and oxygen atoms in total. The van der Waals surface area contributed by atoms with Gasteiger partial charge in [-0.15, -0.1) is 0 Å². The Morgan fingerprint density at radius 1 is 1.04 bits per heavy atom. The molecule has 0 aliphatic heterocycles. The summed E-state index contributed by atoms with van der Waals surface area (Å²) in [6.45, 7) is 0. The van der Waals surface area contributed by atoms with E-state index in [9.17, 15) is 14.9 Å². The number of rotatable bonds is 5. The standard InChI is InChI=1S/C18H14N4O3/c19-15-5-3-11-20-18(15)21-16-6-2-1-4-14(16)17(23)12-7-9-13(10-8-12)22(24)25/h1-11H,19H2,(H,20,21). The largest absolute Gasteiger partial charge is 0.396 e. The molecule has 0 spiro atoms. The van der Waals surface area contributed by atoms with E-state index in [0.29, 0.717) is 28.3 Å². The number of nitrogen functional groups attached to an aromatic ring is 1. The molecule has 1 aromatic heterocycles. The van der Waals surface area contributed by atoms with Crippen LogP contribution < -0.4 is 11.1 Å². The molecule has 0 saturated carbocycles. The molecule has 0 amide bonds. The molecule has 0 atom stereocenters. The van der Waals surface area contributed by atoms with Gasteiger partial charge >= 0.3 is 0 Å². The van der Waals surface area contributed by atoms with Crippen LogP contribution in [0.2, 0.25) is 0 Å². The fourth-order valence-corrected chi connectivity index (χ4v) is 2.33. The lowest BCUT2D eigenvalue weighted by Gasteiger charge is -2.12. The second kappa shape index (κ2) is 6.79. The van der Waals surface area contributed by atoms with Crippen molar-refractivity contribution in [3.8, 4) is 0 Å². The van der Waals surface area contributed by atoms with Crippen LogP contribution in [0.1, 0.15) is 15.9 Å². The molecule has 3 rings (SSSR count). The van der Waals surface area contributed by atoms with Crippen LogP contribution in [0.25, 0.3) is 0 Å². The maximum Gasteiger partial charge on any atom is 0.269 e. The van der Waals surface area contributed by atoms with E-state index in [0.717, 1.165) is 0 Å². The highest BCUT2D eigenvalue weighted by atomic mass is 16.6. The number of hydrogen-bond donors (Lipinski definition) is 2. The number of pyridine rings is 1. The third kappa shape index (κ3) is 3.45. The smallest absolute Gasteiger partial charge is 0.269 e. The number of aromatic nitrogens is 1. The number of nitro benzene ring substituents is 1. The van der Waals surface area contributed by atoms with E-state index in [4.69, 9.17) is 5.73 Å². The molecule has 1 heterocycles. The van der Waals surface area contributed by atoms with Crippen LogP contribution in [0.5, 0.6) is 0 Å². The summed E-state index contributed by atoms with van der Waals surface area (Å²) in [6, 6.07) is 15.8. The van der Waals surface area contributed by atoms with E-state index in [1.807, 2.05) is 0 Å². The van der Waals surface area contributed by atoms with Gasteiger partial charge < -0.3 is 11.1 Å². The van der Waals surface area contributed by atoms with Crippen molar-refractivity contribution in [1.82, 2.24) is 4.98 Å². The van der Waals surface area contributed by atoms with Gasteiger partial charge in [0.1, 0.15) is 0 Å². The summed E-state index contributed by atoms with van der Waals surface area (Å²) in [7, 11) is 0. The van der Waals surface area contributed by atoms with Crippen molar-refractivity contribution in [2.75, 3.05) is 11.1 Å². The zero-order valence-corrected chi connectivity index (χ0v) is 13.0. The normalized spacial score (nSPS) is 10.2. The van der Waals surface area contributed by atoms with E-state index < -0.39 is 4.92 Å². The zero-order chi connectivity index (χ0) is 17.8. The summed E-state index contributed by atoms with van der Waals surface area (Å²) in [5, 5.41) is 13.8. The number of benzene rings is 2. The van der Waals surface area contributed by atoms with E-state index in [-0.39, 0.29) is 11.5 Å². The number of hydrogen-bond acceptors (Lipinski definition) is 6. The highest BCUT2D eigenvalue weighted by Gasteiger charge is 2.15. The summed E-state index contributed by atoms with van der Waals surface area (Å²) < 4.78 is 0. The lowest BCUT2D eigenvalue weighted by molar-refractivity contribution is -0.384. The van der Waals surface area contributed by atoms with Gasteiger partial charge in [-0.3, -0.25) is 14.9 Å². The Labute approximate surface area is 143 Å². The molecule has 0 saturated heterocycles. The van der Waals surface area contributed by atoms with Crippen LogP contribution in [0.4, 0.5) is 22.9 Å². The third-order valence-corrected chi connectivity index (χ3v) is 3.60. The predicted molar refractivity (Wildman–Crippen MR) is 94.9 cm³/mol. The van der Waals surface area contributed by atoms with Crippen molar-refractivity contribution in [3.63, 3.8) is 0 Å². The second-order valence-corrected chi connectivity index (χ2v) is 5.24. The third-order valence-electron chi connectivity index (χ3n) is 3.60. The number of non-ortho nitro benzene ring substituents is 1. The Morgan fingerprint density at radius 3 is 2.44 bits per heavy atom. The van der Waals surface area contributed by atoms with Crippen molar-refractivity contribution in [1.29, 1.82) is 0 Å². The highest BCUT2D eigenvalue weighted by molar-refractivity contribution is 6.12. The van der Waals surface area contributed by atoms with Gasteiger partial charge in [-0.05, 0) is 36.4 Å². The minimum Gasteiger partial charge on any atom is -0.396 e. The van der Waals surface area contributed by atoms with Gasteiger partial charge in [0.25, 0.3) is 5.69 Å². The molecule has 2 aromatic carbocycles. The van der Waals surface area contributed by atoms with Gasteiger partial charge in [-0.2, -0.15) is 0 Å². The molecule has 3 aromatic rings. The Kier molecular flexibility index (Phi) is 4.38. The fourth-order valence-electron chi connectivity index (χ4n) is 2.33. The predicted octanol–water partition coefficient (Wildman–Crippen LogP) is 3.55. The van der Waals surface area contributed by atoms with Crippen LogP contribution in [0.15, 0.2) is 66.9 Å². The summed E-state index contributed by atoms with van der Waals surface area (Å²) in [5.74, 6) is 0.193. The monoisotopic (exact) mass is 334 g/mol. The van der Waals surface area contributed by atoms with E-state index >= 15 is 0 Å². The molecule has 0 radical (unpaired) electrons. The van der Waals surface area contributed by atoms with Gasteiger partial charge in [0.2, 0.25) is 0 Å². The van der Waals surface area contributed by atoms with Crippen LogP contribution in [-0.4, -0.2) is 15.7 Å². The molecule has 0 bridgehead atoms. The number of nitrogens with two attached hydrogens (primary N) is 1. The fraction of sp³-hybridized carbons (Fsp3) is 0. The quantitative estimate of drug-likeness (QED) is 0.419. The first kappa shape index (κ1) is 16.1. The molecular formula is C18H14N4O3. The van der Waals surface area contributed by atoms with Gasteiger partial charge in [0.05, 0.1) is 16.3 Å². The van der Waals surface area contributed by atoms with Gasteiger partial charge in [-0.1, -0.05) is 12.1 Å². The molecule has 0 aliphatic carbocycles. The average molecular weight is 334 g/mol. The second-order valence-electron chi connectivity index (χ2n) is 5.24. The minimum atomic E-state index is -0.506. The molecule has 0 aliphatic rings. The van der Waals surface area contributed by atoms with Crippen LogP contribution in [0, 0.1) is 10.1 Å². The highest BCUT2D eigenvalue weighted by Crippen LogP contribution is 2.25. The Bertz CT molecular complexity index is 939. The van der Waals surface area contributed by atoms with Crippen molar-refractivity contribution in [2.24, 2.45) is 0 Å². The number of para-hydroxylation sites is 1. The number of nitrogens with zero attached hydrogens (tertiary/aromatic N) is 2. The SMILES string of the molecule is Nc1cccnc1Nc1ccccc1C(=O)c1ccc([N+](=O)[O-])cc1. The maximum absolute atomic E-state index is 12.8. The Morgan fingerprint density at radius 2 is 1.76 bits per heavy atom. The number of carbonyl (C=O) groups is 1. The van der Waals surface area contributed by atoms with Crippen molar-refractivity contribution < 1.29 is 9.72 Å². The van der Waals surface area contributed by atoms with E-state index in [1.54, 1.807) is 42.6 Å². The van der Waals surface area contributed by atoms with Crippen molar-refractivity contribution in [3.05, 3.63) is 88.1 Å². The Balaban J connectivity index is 1.93. The lowest BCUT2D eigenvalue weighted by Crippen LogP contribution is -2.07. The average Bonchev–Trinajstić information content (AvgIpc) is 2.63. The zero-order valence-electron chi connectivity index (χ0n) is 13.0. The summed E-state index contributed by atoms with van der Waals surface area (Å²) in [5.41, 5.74) is 7.60. The first-order valence-electron chi connectivity index (χ1n) is 7.42. The minimum absolute atomic E-state index is 0.0655. The van der Waals surface area contributed by atoms with Crippen LogP contribution in [-0.2, 0) is 0 Å². The summed E-state index contributed by atoms with van der Waals surface area (Å²) >= 11 is 0. The first-order chi connectivity index (χ1) is 12.1. The van der Waals surface area contributed by atoms with Crippen molar-refractivity contribution in [2.45, 2.75) is 0 Å².